The molecule has 0 amide bonds. The van der Waals surface area contributed by atoms with Gasteiger partial charge in [0.15, 0.2) is 5.96 Å². The van der Waals surface area contributed by atoms with Crippen molar-refractivity contribution < 1.29 is 4.42 Å². The van der Waals surface area contributed by atoms with Crippen molar-refractivity contribution in [2.24, 2.45) is 4.99 Å². The lowest BCUT2D eigenvalue weighted by Crippen LogP contribution is -2.42. The number of oxazole rings is 1. The van der Waals surface area contributed by atoms with Crippen LogP contribution in [0.15, 0.2) is 45.9 Å². The fourth-order valence-electron chi connectivity index (χ4n) is 3.60. The van der Waals surface area contributed by atoms with Crippen LogP contribution in [-0.2, 0) is 12.0 Å². The Hall–Kier alpha value is -1.61. The van der Waals surface area contributed by atoms with Gasteiger partial charge in [-0.2, -0.15) is 0 Å². The molecular weight excluding hydrogens is 489 g/mol. The van der Waals surface area contributed by atoms with Gasteiger partial charge in [0, 0.05) is 18.5 Å². The summed E-state index contributed by atoms with van der Waals surface area (Å²) >= 11 is 0. The van der Waals surface area contributed by atoms with Gasteiger partial charge in [-0.1, -0.05) is 51.1 Å². The van der Waals surface area contributed by atoms with Crippen LogP contribution in [0.25, 0.3) is 0 Å². The second-order valence-electron chi connectivity index (χ2n) is 8.61. The van der Waals surface area contributed by atoms with Crippen molar-refractivity contribution in [2.75, 3.05) is 26.2 Å². The highest BCUT2D eigenvalue weighted by molar-refractivity contribution is 14.0. The van der Waals surface area contributed by atoms with E-state index >= 15 is 0 Å². The first-order chi connectivity index (χ1) is 14.0. The van der Waals surface area contributed by atoms with Gasteiger partial charge in [0.1, 0.15) is 12.3 Å². The Bertz CT molecular complexity index is 778. The number of likely N-dealkylation sites (tertiary alicyclic amines) is 1. The predicted molar refractivity (Wildman–Crippen MR) is 133 cm³/mol. The molecule has 1 aliphatic rings. The Morgan fingerprint density at radius 2 is 1.87 bits per heavy atom. The molecule has 0 bridgehead atoms. The summed E-state index contributed by atoms with van der Waals surface area (Å²) in [5.41, 5.74) is 1.30. The molecule has 1 aliphatic heterocycles. The van der Waals surface area contributed by atoms with Crippen molar-refractivity contribution in [2.45, 2.75) is 58.5 Å². The average molecular weight is 525 g/mol. The first-order valence-corrected chi connectivity index (χ1v) is 10.7. The minimum absolute atomic E-state index is 0. The van der Waals surface area contributed by atoms with Gasteiger partial charge in [-0.15, -0.1) is 24.0 Å². The third-order valence-electron chi connectivity index (χ3n) is 5.24. The molecule has 1 atom stereocenters. The summed E-state index contributed by atoms with van der Waals surface area (Å²) in [5, 5.41) is 6.87. The number of nitrogens with zero attached hydrogens (tertiary/aromatic N) is 3. The summed E-state index contributed by atoms with van der Waals surface area (Å²) in [6.07, 6.45) is 4.36. The van der Waals surface area contributed by atoms with Gasteiger partial charge in [0.05, 0.1) is 12.2 Å². The molecule has 2 aromatic rings. The van der Waals surface area contributed by atoms with Crippen molar-refractivity contribution >= 4 is 29.9 Å². The SMILES string of the molecule is CCNC(=NCc1ncc(C(C)(C)C)o1)NCC(c1ccccc1)N1CCCC1.I. The van der Waals surface area contributed by atoms with Gasteiger partial charge in [-0.25, -0.2) is 9.98 Å². The van der Waals surface area contributed by atoms with Gasteiger partial charge in [0.25, 0.3) is 0 Å². The zero-order chi connectivity index (χ0) is 20.7. The number of nitrogens with one attached hydrogen (secondary N) is 2. The number of rotatable bonds is 7. The van der Waals surface area contributed by atoms with Crippen LogP contribution in [0.4, 0.5) is 0 Å². The van der Waals surface area contributed by atoms with E-state index < -0.39 is 0 Å². The Labute approximate surface area is 198 Å². The van der Waals surface area contributed by atoms with Crippen molar-refractivity contribution in [1.29, 1.82) is 0 Å². The lowest BCUT2D eigenvalue weighted by atomic mass is 9.94. The second-order valence-corrected chi connectivity index (χ2v) is 8.61. The summed E-state index contributed by atoms with van der Waals surface area (Å²) in [6.45, 7) is 12.8. The van der Waals surface area contributed by atoms with Gasteiger partial charge in [-0.3, -0.25) is 4.90 Å². The molecule has 1 unspecified atom stereocenters. The van der Waals surface area contributed by atoms with Crippen molar-refractivity contribution in [1.82, 2.24) is 20.5 Å². The summed E-state index contributed by atoms with van der Waals surface area (Å²) in [5.74, 6) is 2.33. The second kappa shape index (κ2) is 11.7. The molecule has 0 aliphatic carbocycles. The molecule has 166 valence electrons. The van der Waals surface area contributed by atoms with E-state index in [0.29, 0.717) is 18.5 Å². The van der Waals surface area contributed by atoms with E-state index in [4.69, 9.17) is 9.41 Å². The highest BCUT2D eigenvalue weighted by atomic mass is 127. The number of hydrogen-bond donors (Lipinski definition) is 2. The van der Waals surface area contributed by atoms with Crippen LogP contribution >= 0.6 is 24.0 Å². The van der Waals surface area contributed by atoms with Crippen LogP contribution in [0, 0.1) is 0 Å². The van der Waals surface area contributed by atoms with Gasteiger partial charge in [-0.05, 0) is 38.4 Å². The molecule has 2 N–H and O–H groups in total. The molecule has 2 heterocycles. The summed E-state index contributed by atoms with van der Waals surface area (Å²) in [6, 6.07) is 11.1. The summed E-state index contributed by atoms with van der Waals surface area (Å²) in [7, 11) is 0. The number of halogens is 1. The molecule has 0 saturated carbocycles. The smallest absolute Gasteiger partial charge is 0.216 e. The highest BCUT2D eigenvalue weighted by Gasteiger charge is 2.23. The van der Waals surface area contributed by atoms with E-state index in [1.165, 1.54) is 18.4 Å². The predicted octanol–water partition coefficient (Wildman–Crippen LogP) is 4.48. The van der Waals surface area contributed by atoms with Crippen LogP contribution in [0.1, 0.15) is 63.8 Å². The number of aromatic nitrogens is 1. The maximum absolute atomic E-state index is 5.87. The van der Waals surface area contributed by atoms with Gasteiger partial charge >= 0.3 is 0 Å². The van der Waals surface area contributed by atoms with Crippen LogP contribution in [0.2, 0.25) is 0 Å². The molecule has 0 radical (unpaired) electrons. The van der Waals surface area contributed by atoms with E-state index in [2.05, 4.69) is 78.5 Å². The lowest BCUT2D eigenvalue weighted by Gasteiger charge is -2.29. The zero-order valence-corrected chi connectivity index (χ0v) is 21.0. The number of hydrogen-bond acceptors (Lipinski definition) is 4. The van der Waals surface area contributed by atoms with E-state index in [-0.39, 0.29) is 29.4 Å². The number of aliphatic imine (C=N–C) groups is 1. The maximum Gasteiger partial charge on any atom is 0.216 e. The standard InChI is InChI=1S/C23H35N5O.HI/c1-5-24-22(27-17-21-25-16-20(29-21)23(2,3)4)26-15-19(28-13-9-10-14-28)18-11-7-6-8-12-18;/h6-8,11-12,16,19H,5,9-10,13-15,17H2,1-4H3,(H2,24,26,27);1H. The molecule has 1 saturated heterocycles. The fourth-order valence-corrected chi connectivity index (χ4v) is 3.60. The topological polar surface area (TPSA) is 65.7 Å². The van der Waals surface area contributed by atoms with Crippen LogP contribution in [0.3, 0.4) is 0 Å². The highest BCUT2D eigenvalue weighted by Crippen LogP contribution is 2.25. The Balaban J connectivity index is 0.00000320. The molecule has 0 spiro atoms. The normalized spacial score (nSPS) is 16.2. The van der Waals surface area contributed by atoms with Crippen molar-refractivity contribution in [3.63, 3.8) is 0 Å². The molecular formula is C23H36IN5O. The monoisotopic (exact) mass is 525 g/mol. The first kappa shape index (κ1) is 24.7. The molecule has 7 heteroatoms. The van der Waals surface area contributed by atoms with Gasteiger partial charge in [0.2, 0.25) is 5.89 Å². The van der Waals surface area contributed by atoms with Crippen LogP contribution in [0.5, 0.6) is 0 Å². The summed E-state index contributed by atoms with van der Waals surface area (Å²) < 4.78 is 5.87. The minimum atomic E-state index is -0.0453. The van der Waals surface area contributed by atoms with Crippen LogP contribution < -0.4 is 10.6 Å². The van der Waals surface area contributed by atoms with Crippen molar-refractivity contribution in [3.8, 4) is 0 Å². The summed E-state index contributed by atoms with van der Waals surface area (Å²) in [4.78, 5) is 11.6. The molecule has 1 aromatic carbocycles. The molecule has 1 aromatic heterocycles. The molecule has 6 nitrogen and oxygen atoms in total. The first-order valence-electron chi connectivity index (χ1n) is 10.7. The largest absolute Gasteiger partial charge is 0.443 e. The number of benzene rings is 1. The van der Waals surface area contributed by atoms with E-state index in [9.17, 15) is 0 Å². The van der Waals surface area contributed by atoms with Crippen LogP contribution in [-0.4, -0.2) is 42.0 Å². The molecule has 30 heavy (non-hydrogen) atoms. The maximum atomic E-state index is 5.87. The van der Waals surface area contributed by atoms with Crippen molar-refractivity contribution in [3.05, 3.63) is 53.7 Å². The van der Waals surface area contributed by atoms with Gasteiger partial charge < -0.3 is 15.1 Å². The van der Waals surface area contributed by atoms with E-state index in [0.717, 1.165) is 37.9 Å². The molecule has 3 rings (SSSR count). The lowest BCUT2D eigenvalue weighted by molar-refractivity contribution is 0.245. The Morgan fingerprint density at radius 1 is 1.17 bits per heavy atom. The average Bonchev–Trinajstić information content (AvgIpc) is 3.39. The third-order valence-corrected chi connectivity index (χ3v) is 5.24. The fraction of sp³-hybridized carbons (Fsp3) is 0.565. The van der Waals surface area contributed by atoms with E-state index in [1.54, 1.807) is 0 Å². The zero-order valence-electron chi connectivity index (χ0n) is 18.6. The Kier molecular flexibility index (Phi) is 9.61. The Morgan fingerprint density at radius 3 is 2.47 bits per heavy atom. The minimum Gasteiger partial charge on any atom is -0.443 e. The van der Waals surface area contributed by atoms with E-state index in [1.807, 2.05) is 6.20 Å². The third kappa shape index (κ3) is 6.97. The molecule has 1 fully saturated rings. The number of guanidine groups is 1. The quantitative estimate of drug-likeness (QED) is 0.317.